The van der Waals surface area contributed by atoms with E-state index in [1.165, 1.54) is 40.6 Å². The van der Waals surface area contributed by atoms with Crippen LogP contribution in [-0.2, 0) is 10.1 Å². The van der Waals surface area contributed by atoms with Crippen LogP contribution in [0.15, 0.2) is 77.7 Å². The van der Waals surface area contributed by atoms with Crippen LogP contribution in [0.3, 0.4) is 0 Å². The SMILES string of the molecule is C[C@H]([NH3+])c1cccc2ccccc12.O=S(=O)([O-])c1ccccc1. The van der Waals surface area contributed by atoms with Crippen LogP contribution in [0.1, 0.15) is 18.5 Å². The van der Waals surface area contributed by atoms with E-state index in [1.807, 2.05) is 0 Å². The Kier molecular flexibility index (Phi) is 5.50. The maximum atomic E-state index is 10.3. The second-order valence-electron chi connectivity index (χ2n) is 5.24. The molecule has 3 aromatic rings. The molecule has 3 rings (SSSR count). The third-order valence-electron chi connectivity index (χ3n) is 3.39. The molecule has 0 fully saturated rings. The smallest absolute Gasteiger partial charge is 0.124 e. The Bertz CT molecular complexity index is 870. The van der Waals surface area contributed by atoms with Crippen LogP contribution in [0.25, 0.3) is 10.8 Å². The quantitative estimate of drug-likeness (QED) is 0.734. The maximum absolute atomic E-state index is 10.3. The van der Waals surface area contributed by atoms with Crippen molar-refractivity contribution in [3.8, 4) is 0 Å². The Morgan fingerprint density at radius 1 is 0.870 bits per heavy atom. The lowest BCUT2D eigenvalue weighted by molar-refractivity contribution is -0.420. The Balaban J connectivity index is 0.000000174. The van der Waals surface area contributed by atoms with Gasteiger partial charge in [0.25, 0.3) is 0 Å². The van der Waals surface area contributed by atoms with Crippen LogP contribution in [0.4, 0.5) is 0 Å². The normalized spacial score (nSPS) is 12.3. The van der Waals surface area contributed by atoms with Crippen molar-refractivity contribution in [3.05, 3.63) is 78.4 Å². The lowest BCUT2D eigenvalue weighted by atomic mass is 10.0. The summed E-state index contributed by atoms with van der Waals surface area (Å²) in [7, 11) is -4.25. The molecular weight excluding hydrogens is 310 g/mol. The lowest BCUT2D eigenvalue weighted by Gasteiger charge is -2.06. The zero-order chi connectivity index (χ0) is 16.9. The van der Waals surface area contributed by atoms with Crippen molar-refractivity contribution in [1.29, 1.82) is 0 Å². The fraction of sp³-hybridized carbons (Fsp3) is 0.111. The van der Waals surface area contributed by atoms with Gasteiger partial charge in [0, 0.05) is 5.56 Å². The van der Waals surface area contributed by atoms with Crippen LogP contribution in [-0.4, -0.2) is 13.0 Å². The summed E-state index contributed by atoms with van der Waals surface area (Å²) < 4.78 is 30.8. The number of hydrogen-bond donors (Lipinski definition) is 1. The molecule has 0 unspecified atom stereocenters. The van der Waals surface area contributed by atoms with Gasteiger partial charge < -0.3 is 10.3 Å². The Morgan fingerprint density at radius 3 is 2.00 bits per heavy atom. The van der Waals surface area contributed by atoms with Crippen LogP contribution >= 0.6 is 0 Å². The van der Waals surface area contributed by atoms with E-state index in [2.05, 4.69) is 55.1 Å². The minimum atomic E-state index is -4.25. The van der Waals surface area contributed by atoms with Crippen LogP contribution in [0, 0.1) is 0 Å². The van der Waals surface area contributed by atoms with Crippen molar-refractivity contribution in [1.82, 2.24) is 0 Å². The second kappa shape index (κ2) is 7.37. The van der Waals surface area contributed by atoms with Gasteiger partial charge in [-0.2, -0.15) is 0 Å². The monoisotopic (exact) mass is 329 g/mol. The zero-order valence-electron chi connectivity index (χ0n) is 12.8. The van der Waals surface area contributed by atoms with Gasteiger partial charge in [-0.1, -0.05) is 60.7 Å². The molecule has 0 saturated heterocycles. The molecule has 1 atom stereocenters. The first-order valence-corrected chi connectivity index (χ1v) is 8.62. The standard InChI is InChI=1S/C12H13N.C6H6O3S/c1-9(13)11-8-4-6-10-5-2-3-7-12(10)11;7-10(8,9)6-4-2-1-3-5-6/h2-9H,13H2,1H3;1-5H,(H,7,8,9)/t9-;/m0./s1. The van der Waals surface area contributed by atoms with Gasteiger partial charge in [-0.3, -0.25) is 0 Å². The van der Waals surface area contributed by atoms with E-state index in [4.69, 9.17) is 0 Å². The molecule has 23 heavy (non-hydrogen) atoms. The predicted molar refractivity (Wildman–Crippen MR) is 89.7 cm³/mol. The summed E-state index contributed by atoms with van der Waals surface area (Å²) in [5.41, 5.74) is 5.39. The Morgan fingerprint density at radius 2 is 1.43 bits per heavy atom. The van der Waals surface area contributed by atoms with Crippen LogP contribution in [0.2, 0.25) is 0 Å². The van der Waals surface area contributed by atoms with Crippen molar-refractivity contribution >= 4 is 20.9 Å². The summed E-state index contributed by atoms with van der Waals surface area (Å²) in [6.45, 7) is 2.13. The zero-order valence-corrected chi connectivity index (χ0v) is 13.7. The van der Waals surface area contributed by atoms with E-state index >= 15 is 0 Å². The van der Waals surface area contributed by atoms with Crippen LogP contribution in [0.5, 0.6) is 0 Å². The van der Waals surface area contributed by atoms with E-state index in [1.54, 1.807) is 6.07 Å². The van der Waals surface area contributed by atoms with E-state index in [-0.39, 0.29) is 4.90 Å². The highest BCUT2D eigenvalue weighted by Crippen LogP contribution is 2.21. The minimum absolute atomic E-state index is 0.185. The molecule has 0 aliphatic carbocycles. The van der Waals surface area contributed by atoms with Gasteiger partial charge in [0.1, 0.15) is 16.2 Å². The van der Waals surface area contributed by atoms with Crippen molar-refractivity contribution in [3.63, 3.8) is 0 Å². The summed E-state index contributed by atoms with van der Waals surface area (Å²) in [6.07, 6.45) is 0. The van der Waals surface area contributed by atoms with E-state index < -0.39 is 10.1 Å². The van der Waals surface area contributed by atoms with E-state index in [0.717, 1.165) is 0 Å². The first kappa shape index (κ1) is 17.1. The number of hydrogen-bond acceptors (Lipinski definition) is 3. The van der Waals surface area contributed by atoms with Crippen LogP contribution < -0.4 is 5.73 Å². The highest BCUT2D eigenvalue weighted by molar-refractivity contribution is 7.85. The Labute approximate surface area is 136 Å². The number of rotatable bonds is 2. The molecule has 0 radical (unpaired) electrons. The maximum Gasteiger partial charge on any atom is 0.124 e. The third-order valence-corrected chi connectivity index (χ3v) is 4.24. The molecule has 0 spiro atoms. The van der Waals surface area contributed by atoms with Gasteiger partial charge in [-0.15, -0.1) is 0 Å². The molecule has 4 nitrogen and oxygen atoms in total. The highest BCUT2D eigenvalue weighted by atomic mass is 32.2. The molecule has 0 aliphatic heterocycles. The van der Waals surface area contributed by atoms with Gasteiger partial charge >= 0.3 is 0 Å². The second-order valence-corrected chi connectivity index (χ2v) is 6.62. The van der Waals surface area contributed by atoms with Gasteiger partial charge in [-0.05, 0) is 29.8 Å². The summed E-state index contributed by atoms with van der Waals surface area (Å²) in [4.78, 5) is -0.185. The first-order valence-electron chi connectivity index (χ1n) is 7.21. The first-order chi connectivity index (χ1) is 10.9. The molecular formula is C18H19NO3S. The van der Waals surface area contributed by atoms with Gasteiger partial charge in [0.2, 0.25) is 0 Å². The minimum Gasteiger partial charge on any atom is -0.744 e. The van der Waals surface area contributed by atoms with E-state index in [9.17, 15) is 13.0 Å². The number of fused-ring (bicyclic) bond motifs is 1. The molecule has 5 heteroatoms. The van der Waals surface area contributed by atoms with Gasteiger partial charge in [-0.25, -0.2) is 8.42 Å². The molecule has 0 saturated carbocycles. The Hall–Kier alpha value is -2.21. The molecule has 3 aromatic carbocycles. The topological polar surface area (TPSA) is 84.8 Å². The molecule has 120 valence electrons. The molecule has 0 heterocycles. The predicted octanol–water partition coefficient (Wildman–Crippen LogP) is 2.73. The fourth-order valence-electron chi connectivity index (χ4n) is 2.27. The largest absolute Gasteiger partial charge is 0.744 e. The molecule has 0 bridgehead atoms. The van der Waals surface area contributed by atoms with Gasteiger partial charge in [0.05, 0.1) is 4.90 Å². The molecule has 0 aliphatic rings. The summed E-state index contributed by atoms with van der Waals surface area (Å²) in [5, 5.41) is 2.63. The number of benzene rings is 3. The lowest BCUT2D eigenvalue weighted by Crippen LogP contribution is -2.51. The third kappa shape index (κ3) is 4.63. The summed E-state index contributed by atoms with van der Waals surface area (Å²) in [5.74, 6) is 0. The van der Waals surface area contributed by atoms with Gasteiger partial charge in [0.15, 0.2) is 0 Å². The van der Waals surface area contributed by atoms with Crippen molar-refractivity contribution < 1.29 is 18.7 Å². The average Bonchev–Trinajstić information content (AvgIpc) is 2.55. The van der Waals surface area contributed by atoms with Crippen molar-refractivity contribution in [2.24, 2.45) is 0 Å². The number of quaternary nitrogens is 1. The average molecular weight is 329 g/mol. The van der Waals surface area contributed by atoms with Crippen molar-refractivity contribution in [2.45, 2.75) is 17.9 Å². The van der Waals surface area contributed by atoms with E-state index in [0.29, 0.717) is 6.04 Å². The van der Waals surface area contributed by atoms with Crippen molar-refractivity contribution in [2.75, 3.05) is 0 Å². The fourth-order valence-corrected chi connectivity index (χ4v) is 2.76. The molecule has 3 N–H and O–H groups in total. The molecule has 0 aromatic heterocycles. The summed E-state index contributed by atoms with van der Waals surface area (Å²) >= 11 is 0. The molecule has 0 amide bonds. The summed E-state index contributed by atoms with van der Waals surface area (Å²) in [6, 6.07) is 22.4. The highest BCUT2D eigenvalue weighted by Gasteiger charge is 2.05.